The van der Waals surface area contributed by atoms with Gasteiger partial charge in [-0.05, 0) is 107 Å². The van der Waals surface area contributed by atoms with E-state index in [4.69, 9.17) is 0 Å². The maximum Gasteiger partial charge on any atom is 0.0541 e. The van der Waals surface area contributed by atoms with E-state index in [9.17, 15) is 0 Å². The van der Waals surface area contributed by atoms with Crippen LogP contribution in [0.5, 0.6) is 0 Å². The highest BCUT2D eigenvalue weighted by molar-refractivity contribution is 6.11. The largest absolute Gasteiger partial charge is 0.313 e. The first-order chi connectivity index (χ1) is 31.7. The molecule has 0 aliphatic heterocycles. The summed E-state index contributed by atoms with van der Waals surface area (Å²) in [7, 11) is 0. The molecule has 0 bridgehead atoms. The molecule has 3 heteroatoms. The van der Waals surface area contributed by atoms with Gasteiger partial charge in [-0.15, -0.1) is 0 Å². The van der Waals surface area contributed by atoms with Gasteiger partial charge in [-0.2, -0.15) is 0 Å². The van der Waals surface area contributed by atoms with E-state index in [1.807, 2.05) is 6.08 Å². The van der Waals surface area contributed by atoms with Crippen molar-refractivity contribution in [2.45, 2.75) is 6.42 Å². The zero-order chi connectivity index (χ0) is 42.6. The van der Waals surface area contributed by atoms with Crippen LogP contribution in [0.3, 0.4) is 0 Å². The Morgan fingerprint density at radius 3 is 1.50 bits per heavy atom. The molecule has 0 aliphatic rings. The van der Waals surface area contributed by atoms with Crippen LogP contribution in [0.1, 0.15) is 22.4 Å². The normalized spacial score (nSPS) is 12.0. The Labute approximate surface area is 372 Å². The van der Waals surface area contributed by atoms with Crippen molar-refractivity contribution in [2.75, 3.05) is 0 Å². The highest BCUT2D eigenvalue weighted by Crippen LogP contribution is 2.38. The molecule has 302 valence electrons. The van der Waals surface area contributed by atoms with Crippen LogP contribution in [0.25, 0.3) is 94.4 Å². The van der Waals surface area contributed by atoms with Crippen LogP contribution in [0.4, 0.5) is 0 Å². The van der Waals surface area contributed by atoms with Crippen LogP contribution in [0.15, 0.2) is 237 Å². The lowest BCUT2D eigenvalue weighted by Gasteiger charge is -2.14. The fraction of sp³-hybridized carbons (Fsp3) is 0.0164. The Hall–Kier alpha value is -8.40. The molecule has 3 nitrogen and oxygen atoms in total. The van der Waals surface area contributed by atoms with Crippen molar-refractivity contribution in [1.29, 1.82) is 0 Å². The van der Waals surface area contributed by atoms with Crippen molar-refractivity contribution < 1.29 is 0 Å². The van der Waals surface area contributed by atoms with Gasteiger partial charge in [0.1, 0.15) is 0 Å². The number of allylic oxidation sites excluding steroid dienone is 2. The number of para-hydroxylation sites is 6. The molecule has 0 N–H and O–H groups in total. The molecule has 12 rings (SSSR count). The topological polar surface area (TPSA) is 14.8 Å². The van der Waals surface area contributed by atoms with Gasteiger partial charge in [-0.25, -0.2) is 0 Å². The Balaban J connectivity index is 0.993. The summed E-state index contributed by atoms with van der Waals surface area (Å²) in [5.74, 6) is 0. The minimum absolute atomic E-state index is 0.727. The number of rotatable bonds is 9. The molecule has 0 spiro atoms. The first-order valence-corrected chi connectivity index (χ1v) is 22.0. The van der Waals surface area contributed by atoms with E-state index in [1.54, 1.807) is 0 Å². The van der Waals surface area contributed by atoms with Gasteiger partial charge in [0.2, 0.25) is 0 Å². The number of nitrogens with zero attached hydrogens (tertiary/aromatic N) is 3. The molecule has 0 fully saturated rings. The van der Waals surface area contributed by atoms with E-state index in [2.05, 4.69) is 251 Å². The average molecular weight is 818 g/mol. The minimum atomic E-state index is 0.727. The molecule has 64 heavy (non-hydrogen) atoms. The zero-order valence-corrected chi connectivity index (χ0v) is 35.3. The summed E-state index contributed by atoms with van der Waals surface area (Å²) in [6.07, 6.45) is 5.09. The maximum absolute atomic E-state index is 4.41. The molecule has 0 saturated heterocycles. The predicted molar refractivity (Wildman–Crippen MR) is 271 cm³/mol. The summed E-state index contributed by atoms with van der Waals surface area (Å²) in [5.41, 5.74) is 17.6. The second-order valence-corrected chi connectivity index (χ2v) is 16.6. The summed E-state index contributed by atoms with van der Waals surface area (Å²) in [6, 6.07) is 81.3. The molecule has 0 atom stereocenters. The molecule has 0 unspecified atom stereocenters. The van der Waals surface area contributed by atoms with Crippen LogP contribution < -0.4 is 0 Å². The Morgan fingerprint density at radius 1 is 0.375 bits per heavy atom. The quantitative estimate of drug-likeness (QED) is 0.129. The van der Waals surface area contributed by atoms with Gasteiger partial charge in [0.25, 0.3) is 0 Å². The SMILES string of the molecule is C=C/C(=C\c1c(Cc2cccc(-c3ccc4c(c3)c3ccccc3n4-c3ccccc3)c2)n(-c2ccccc2)c2ccccc12)c1cccc(-n2c3ccccc3c3ccccc32)c1. The number of benzene rings is 9. The van der Waals surface area contributed by atoms with Crippen molar-refractivity contribution in [3.8, 4) is 28.2 Å². The van der Waals surface area contributed by atoms with Crippen LogP contribution in [0.2, 0.25) is 0 Å². The van der Waals surface area contributed by atoms with Gasteiger partial charge in [0.15, 0.2) is 0 Å². The van der Waals surface area contributed by atoms with Crippen molar-refractivity contribution >= 4 is 66.2 Å². The van der Waals surface area contributed by atoms with E-state index in [0.29, 0.717) is 0 Å². The fourth-order valence-electron chi connectivity index (χ4n) is 10.0. The minimum Gasteiger partial charge on any atom is -0.313 e. The standard InChI is InChI=1S/C61H43N3/c1-2-43(45-21-18-26-49(39-45)64-56-31-13-9-27-50(56)51-28-10-14-32-57(51)64)40-55-53-30-12-16-34-59(53)63(48-24-7-4-8-25-48)61(55)38-42-19-17-20-44(37-42)46-35-36-60-54(41-46)52-29-11-15-33-58(52)62(60)47-22-5-3-6-23-47/h2-37,39-41H,1,38H2/b43-40+. The van der Waals surface area contributed by atoms with Crippen molar-refractivity contribution in [3.05, 3.63) is 259 Å². The smallest absolute Gasteiger partial charge is 0.0541 e. The molecule has 0 amide bonds. The van der Waals surface area contributed by atoms with Crippen LogP contribution in [-0.2, 0) is 6.42 Å². The van der Waals surface area contributed by atoms with Crippen molar-refractivity contribution in [3.63, 3.8) is 0 Å². The first-order valence-electron chi connectivity index (χ1n) is 22.0. The second kappa shape index (κ2) is 15.5. The lowest BCUT2D eigenvalue weighted by Crippen LogP contribution is -2.02. The molecule has 9 aromatic carbocycles. The third kappa shape index (κ3) is 6.20. The summed E-state index contributed by atoms with van der Waals surface area (Å²) in [6.45, 7) is 4.41. The Kier molecular flexibility index (Phi) is 9.05. The molecule has 12 aromatic rings. The highest BCUT2D eigenvalue weighted by atomic mass is 15.0. The van der Waals surface area contributed by atoms with Gasteiger partial charge >= 0.3 is 0 Å². The van der Waals surface area contributed by atoms with Crippen molar-refractivity contribution in [1.82, 2.24) is 13.7 Å². The van der Waals surface area contributed by atoms with Gasteiger partial charge in [-0.1, -0.05) is 164 Å². The number of fused-ring (bicyclic) bond motifs is 7. The van der Waals surface area contributed by atoms with Gasteiger partial charge in [0.05, 0.1) is 27.6 Å². The molecular weight excluding hydrogens is 775 g/mol. The van der Waals surface area contributed by atoms with E-state index >= 15 is 0 Å². The Morgan fingerprint density at radius 2 is 0.859 bits per heavy atom. The van der Waals surface area contributed by atoms with E-state index in [1.165, 1.54) is 82.5 Å². The molecule has 3 heterocycles. The fourth-order valence-corrected chi connectivity index (χ4v) is 10.0. The lowest BCUT2D eigenvalue weighted by atomic mass is 9.96. The second-order valence-electron chi connectivity index (χ2n) is 16.6. The average Bonchev–Trinajstić information content (AvgIpc) is 3.99. The van der Waals surface area contributed by atoms with E-state index in [-0.39, 0.29) is 0 Å². The molecule has 0 radical (unpaired) electrons. The maximum atomic E-state index is 4.41. The highest BCUT2D eigenvalue weighted by Gasteiger charge is 2.20. The molecule has 0 saturated carbocycles. The number of aromatic nitrogens is 3. The van der Waals surface area contributed by atoms with Crippen LogP contribution in [0, 0.1) is 0 Å². The van der Waals surface area contributed by atoms with Gasteiger partial charge in [0, 0.05) is 61.7 Å². The van der Waals surface area contributed by atoms with E-state index in [0.717, 1.165) is 34.6 Å². The number of hydrogen-bond donors (Lipinski definition) is 0. The van der Waals surface area contributed by atoms with Gasteiger partial charge in [-0.3, -0.25) is 0 Å². The van der Waals surface area contributed by atoms with E-state index < -0.39 is 0 Å². The first kappa shape index (κ1) is 37.4. The molecule has 3 aromatic heterocycles. The summed E-state index contributed by atoms with van der Waals surface area (Å²) in [4.78, 5) is 0. The molecular formula is C61H43N3. The summed E-state index contributed by atoms with van der Waals surface area (Å²) in [5, 5.41) is 6.21. The molecule has 0 aliphatic carbocycles. The zero-order valence-electron chi connectivity index (χ0n) is 35.3. The predicted octanol–water partition coefficient (Wildman–Crippen LogP) is 15.8. The van der Waals surface area contributed by atoms with Gasteiger partial charge < -0.3 is 13.7 Å². The lowest BCUT2D eigenvalue weighted by molar-refractivity contribution is 0.983. The third-order valence-corrected chi connectivity index (χ3v) is 12.9. The van der Waals surface area contributed by atoms with Crippen molar-refractivity contribution in [2.24, 2.45) is 0 Å². The Bertz CT molecular complexity index is 3710. The number of hydrogen-bond acceptors (Lipinski definition) is 0. The third-order valence-electron chi connectivity index (χ3n) is 12.9. The van der Waals surface area contributed by atoms with Crippen LogP contribution in [-0.4, -0.2) is 13.7 Å². The monoisotopic (exact) mass is 817 g/mol. The summed E-state index contributed by atoms with van der Waals surface area (Å²) < 4.78 is 7.21. The van der Waals surface area contributed by atoms with Crippen LogP contribution >= 0.6 is 0 Å². The summed E-state index contributed by atoms with van der Waals surface area (Å²) >= 11 is 0.